The fraction of sp³-hybridized carbons (Fsp3) is 0.200. The van der Waals surface area contributed by atoms with Gasteiger partial charge >= 0.3 is 0 Å². The predicted octanol–water partition coefficient (Wildman–Crippen LogP) is 0.434. The van der Waals surface area contributed by atoms with Crippen molar-refractivity contribution in [2.24, 2.45) is 0 Å². The Bertz CT molecular complexity index is 555. The van der Waals surface area contributed by atoms with Crippen LogP contribution in [0.5, 0.6) is 0 Å². The van der Waals surface area contributed by atoms with Crippen molar-refractivity contribution in [1.29, 1.82) is 0 Å². The fourth-order valence-electron chi connectivity index (χ4n) is 1.37. The lowest BCUT2D eigenvalue weighted by Gasteiger charge is -2.06. The van der Waals surface area contributed by atoms with Gasteiger partial charge in [0.2, 0.25) is 5.95 Å². The molecular formula is C10H12N6OS. The molecule has 94 valence electrons. The van der Waals surface area contributed by atoms with Crippen LogP contribution in [0.2, 0.25) is 0 Å². The molecule has 0 spiro atoms. The second-order valence-electron chi connectivity index (χ2n) is 3.38. The van der Waals surface area contributed by atoms with Gasteiger partial charge in [0.15, 0.2) is 0 Å². The number of hydrogen-bond acceptors (Lipinski definition) is 6. The molecule has 0 aliphatic carbocycles. The number of carbonyl (C=O) groups is 1. The predicted molar refractivity (Wildman–Crippen MR) is 68.0 cm³/mol. The summed E-state index contributed by atoms with van der Waals surface area (Å²) in [5, 5.41) is 9.70. The SMILES string of the molecule is CSc1ncccc1C(=O)NCc1nc(N)n[nH]1. The maximum absolute atomic E-state index is 11.9. The Labute approximate surface area is 108 Å². The van der Waals surface area contributed by atoms with Crippen molar-refractivity contribution in [3.05, 3.63) is 29.7 Å². The van der Waals surface area contributed by atoms with E-state index in [1.54, 1.807) is 18.3 Å². The molecule has 0 bridgehead atoms. The number of nitrogens with two attached hydrogens (primary N) is 1. The maximum atomic E-state index is 11.9. The number of aromatic nitrogens is 4. The summed E-state index contributed by atoms with van der Waals surface area (Å²) in [7, 11) is 0. The summed E-state index contributed by atoms with van der Waals surface area (Å²) in [6.45, 7) is 0.242. The average molecular weight is 264 g/mol. The van der Waals surface area contributed by atoms with E-state index >= 15 is 0 Å². The Morgan fingerprint density at radius 1 is 1.61 bits per heavy atom. The highest BCUT2D eigenvalue weighted by Crippen LogP contribution is 2.16. The number of anilines is 1. The molecule has 2 heterocycles. The van der Waals surface area contributed by atoms with Crippen LogP contribution in [0.25, 0.3) is 0 Å². The maximum Gasteiger partial charge on any atom is 0.254 e. The van der Waals surface area contributed by atoms with Crippen molar-refractivity contribution in [2.45, 2.75) is 11.6 Å². The van der Waals surface area contributed by atoms with E-state index in [2.05, 4.69) is 25.5 Å². The number of nitrogens with one attached hydrogen (secondary N) is 2. The van der Waals surface area contributed by atoms with Crippen LogP contribution in [0, 0.1) is 0 Å². The van der Waals surface area contributed by atoms with Crippen LogP contribution in [0.3, 0.4) is 0 Å². The molecule has 2 aromatic rings. The second kappa shape index (κ2) is 5.50. The Hall–Kier alpha value is -2.09. The van der Waals surface area contributed by atoms with E-state index in [4.69, 9.17) is 5.73 Å². The number of H-pyrrole nitrogens is 1. The molecule has 0 fully saturated rings. The fourth-order valence-corrected chi connectivity index (χ4v) is 1.92. The Morgan fingerprint density at radius 3 is 3.11 bits per heavy atom. The number of carbonyl (C=O) groups excluding carboxylic acids is 1. The van der Waals surface area contributed by atoms with Crippen LogP contribution in [0.15, 0.2) is 23.4 Å². The summed E-state index contributed by atoms with van der Waals surface area (Å²) in [6, 6.07) is 3.45. The van der Waals surface area contributed by atoms with Gasteiger partial charge in [-0.1, -0.05) is 0 Å². The molecule has 0 aliphatic rings. The third kappa shape index (κ3) is 2.77. The van der Waals surface area contributed by atoms with Crippen LogP contribution < -0.4 is 11.1 Å². The lowest BCUT2D eigenvalue weighted by atomic mass is 10.2. The number of thioether (sulfide) groups is 1. The molecule has 18 heavy (non-hydrogen) atoms. The van der Waals surface area contributed by atoms with E-state index in [1.165, 1.54) is 11.8 Å². The highest BCUT2D eigenvalue weighted by Gasteiger charge is 2.11. The Balaban J connectivity index is 2.03. The molecule has 0 unspecified atom stereocenters. The summed E-state index contributed by atoms with van der Waals surface area (Å²) in [4.78, 5) is 20.0. The molecule has 0 radical (unpaired) electrons. The van der Waals surface area contributed by atoms with Crippen LogP contribution in [0.4, 0.5) is 5.95 Å². The zero-order valence-corrected chi connectivity index (χ0v) is 10.5. The first kappa shape index (κ1) is 12.4. The number of pyridine rings is 1. The molecule has 2 rings (SSSR count). The minimum atomic E-state index is -0.206. The van der Waals surface area contributed by atoms with Crippen molar-refractivity contribution in [2.75, 3.05) is 12.0 Å². The number of amides is 1. The van der Waals surface area contributed by atoms with E-state index in [1.807, 2.05) is 6.26 Å². The van der Waals surface area contributed by atoms with Crippen LogP contribution in [-0.4, -0.2) is 32.3 Å². The summed E-state index contributed by atoms with van der Waals surface area (Å²) in [5.74, 6) is 0.461. The minimum Gasteiger partial charge on any atom is -0.367 e. The van der Waals surface area contributed by atoms with Crippen molar-refractivity contribution >= 4 is 23.6 Å². The van der Waals surface area contributed by atoms with Gasteiger partial charge in [-0.15, -0.1) is 16.9 Å². The van der Waals surface area contributed by atoms with E-state index < -0.39 is 0 Å². The highest BCUT2D eigenvalue weighted by molar-refractivity contribution is 7.98. The van der Waals surface area contributed by atoms with Gasteiger partial charge in [-0.2, -0.15) is 4.98 Å². The van der Waals surface area contributed by atoms with Gasteiger partial charge in [0, 0.05) is 6.20 Å². The van der Waals surface area contributed by atoms with E-state index in [9.17, 15) is 4.79 Å². The molecule has 0 aromatic carbocycles. The summed E-state index contributed by atoms with van der Waals surface area (Å²) < 4.78 is 0. The van der Waals surface area contributed by atoms with E-state index in [0.717, 1.165) is 0 Å². The van der Waals surface area contributed by atoms with Gasteiger partial charge in [-0.25, -0.2) is 4.98 Å². The van der Waals surface area contributed by atoms with Gasteiger partial charge in [0.25, 0.3) is 5.91 Å². The van der Waals surface area contributed by atoms with Gasteiger partial charge in [0.1, 0.15) is 10.9 Å². The highest BCUT2D eigenvalue weighted by atomic mass is 32.2. The van der Waals surface area contributed by atoms with Crippen molar-refractivity contribution in [3.63, 3.8) is 0 Å². The topological polar surface area (TPSA) is 110 Å². The molecule has 7 nitrogen and oxygen atoms in total. The largest absolute Gasteiger partial charge is 0.367 e. The molecular weight excluding hydrogens is 252 g/mol. The molecule has 0 saturated carbocycles. The van der Waals surface area contributed by atoms with E-state index in [0.29, 0.717) is 16.4 Å². The van der Waals surface area contributed by atoms with Gasteiger partial charge in [0.05, 0.1) is 12.1 Å². The lowest BCUT2D eigenvalue weighted by molar-refractivity contribution is 0.0946. The smallest absolute Gasteiger partial charge is 0.254 e. The molecule has 0 saturated heterocycles. The first-order valence-corrected chi connectivity index (χ1v) is 6.37. The lowest BCUT2D eigenvalue weighted by Crippen LogP contribution is -2.24. The summed E-state index contributed by atoms with van der Waals surface area (Å²) >= 11 is 1.42. The molecule has 4 N–H and O–H groups in total. The normalized spacial score (nSPS) is 10.3. The number of nitrogens with zero attached hydrogens (tertiary/aromatic N) is 3. The van der Waals surface area contributed by atoms with Crippen LogP contribution >= 0.6 is 11.8 Å². The molecule has 0 aliphatic heterocycles. The third-order valence-corrected chi connectivity index (χ3v) is 2.89. The summed E-state index contributed by atoms with van der Waals surface area (Å²) in [6.07, 6.45) is 3.52. The van der Waals surface area contributed by atoms with Crippen molar-refractivity contribution in [1.82, 2.24) is 25.5 Å². The van der Waals surface area contributed by atoms with Crippen LogP contribution in [-0.2, 0) is 6.54 Å². The molecule has 8 heteroatoms. The summed E-state index contributed by atoms with van der Waals surface area (Å²) in [5.41, 5.74) is 5.90. The number of hydrogen-bond donors (Lipinski definition) is 3. The number of aromatic amines is 1. The van der Waals surface area contributed by atoms with Crippen molar-refractivity contribution < 1.29 is 4.79 Å². The number of nitrogen functional groups attached to an aromatic ring is 1. The zero-order valence-electron chi connectivity index (χ0n) is 9.67. The van der Waals surface area contributed by atoms with E-state index in [-0.39, 0.29) is 18.4 Å². The zero-order chi connectivity index (χ0) is 13.0. The molecule has 1 amide bonds. The van der Waals surface area contributed by atoms with Gasteiger partial charge < -0.3 is 11.1 Å². The molecule has 0 atom stereocenters. The second-order valence-corrected chi connectivity index (χ2v) is 4.18. The third-order valence-electron chi connectivity index (χ3n) is 2.17. The quantitative estimate of drug-likeness (QED) is 0.691. The average Bonchev–Trinajstić information content (AvgIpc) is 2.81. The number of rotatable bonds is 4. The Morgan fingerprint density at radius 2 is 2.44 bits per heavy atom. The standard InChI is InChI=1S/C10H12N6OS/c1-18-9-6(3-2-4-12-9)8(17)13-5-7-14-10(11)16-15-7/h2-4H,5H2,1H3,(H,13,17)(H3,11,14,15,16). The minimum absolute atomic E-state index is 0.158. The first-order chi connectivity index (χ1) is 8.70. The van der Waals surface area contributed by atoms with Crippen molar-refractivity contribution in [3.8, 4) is 0 Å². The van der Waals surface area contributed by atoms with Gasteiger partial charge in [-0.3, -0.25) is 9.89 Å². The van der Waals surface area contributed by atoms with Gasteiger partial charge in [-0.05, 0) is 18.4 Å². The molecule has 2 aromatic heterocycles. The van der Waals surface area contributed by atoms with Crippen LogP contribution in [0.1, 0.15) is 16.2 Å². The monoisotopic (exact) mass is 264 g/mol. The first-order valence-electron chi connectivity index (χ1n) is 5.14. The Kier molecular flexibility index (Phi) is 3.78.